The molecule has 0 unspecified atom stereocenters. The first-order chi connectivity index (χ1) is 7.54. The molecule has 0 radical (unpaired) electrons. The Kier molecular flexibility index (Phi) is 5.05. The third-order valence-corrected chi connectivity index (χ3v) is 3.54. The molecule has 0 saturated heterocycles. The lowest BCUT2D eigenvalue weighted by Gasteiger charge is -2.11. The van der Waals surface area contributed by atoms with Gasteiger partial charge in [0.25, 0.3) is 0 Å². The summed E-state index contributed by atoms with van der Waals surface area (Å²) in [7, 11) is 1.41. The van der Waals surface area contributed by atoms with E-state index in [1.807, 2.05) is 0 Å². The van der Waals surface area contributed by atoms with Crippen molar-refractivity contribution in [2.45, 2.75) is 20.3 Å². The number of carbonyl (C=O) groups is 1. The molecule has 0 saturated carbocycles. The van der Waals surface area contributed by atoms with Crippen molar-refractivity contribution in [3.63, 3.8) is 0 Å². The number of esters is 1. The van der Waals surface area contributed by atoms with Crippen LogP contribution in [0, 0.1) is 17.4 Å². The van der Waals surface area contributed by atoms with Crippen molar-refractivity contribution >= 4 is 34.2 Å². The van der Waals surface area contributed by atoms with Crippen LogP contribution in [0.2, 0.25) is 0 Å². The Morgan fingerprint density at radius 3 is 2.69 bits per heavy atom. The van der Waals surface area contributed by atoms with E-state index in [1.165, 1.54) is 21.8 Å². The molecule has 0 amide bonds. The SMILES string of the molecule is COC(=O)CCNc1cc(C)c(I)cc1C. The number of nitrogens with one attached hydrogen (secondary N) is 1. The summed E-state index contributed by atoms with van der Waals surface area (Å²) in [5, 5.41) is 3.24. The van der Waals surface area contributed by atoms with E-state index in [0.717, 1.165) is 5.69 Å². The highest BCUT2D eigenvalue weighted by Gasteiger charge is 2.03. The predicted molar refractivity (Wildman–Crippen MR) is 73.8 cm³/mol. The highest BCUT2D eigenvalue weighted by Crippen LogP contribution is 2.21. The van der Waals surface area contributed by atoms with Gasteiger partial charge < -0.3 is 10.1 Å². The summed E-state index contributed by atoms with van der Waals surface area (Å²) in [6.07, 6.45) is 0.390. The smallest absolute Gasteiger partial charge is 0.307 e. The minimum atomic E-state index is -0.188. The second-order valence-electron chi connectivity index (χ2n) is 3.67. The molecule has 3 nitrogen and oxygen atoms in total. The fraction of sp³-hybridized carbons (Fsp3) is 0.417. The molecular formula is C12H16INO2. The number of carbonyl (C=O) groups excluding carboxylic acids is 1. The van der Waals surface area contributed by atoms with E-state index in [9.17, 15) is 4.79 Å². The highest BCUT2D eigenvalue weighted by atomic mass is 127. The van der Waals surface area contributed by atoms with Gasteiger partial charge >= 0.3 is 5.97 Å². The third kappa shape index (κ3) is 3.66. The number of methoxy groups -OCH3 is 1. The van der Waals surface area contributed by atoms with Gasteiger partial charge in [-0.2, -0.15) is 0 Å². The van der Waals surface area contributed by atoms with Gasteiger partial charge in [-0.25, -0.2) is 0 Å². The number of aryl methyl sites for hydroxylation is 2. The minimum Gasteiger partial charge on any atom is -0.469 e. The van der Waals surface area contributed by atoms with Gasteiger partial charge in [0.05, 0.1) is 13.5 Å². The van der Waals surface area contributed by atoms with Crippen LogP contribution in [0.4, 0.5) is 5.69 Å². The van der Waals surface area contributed by atoms with E-state index in [1.54, 1.807) is 0 Å². The number of halogens is 1. The average molecular weight is 333 g/mol. The molecule has 0 bridgehead atoms. The molecule has 1 rings (SSSR count). The van der Waals surface area contributed by atoms with E-state index in [4.69, 9.17) is 0 Å². The number of hydrogen-bond acceptors (Lipinski definition) is 3. The standard InChI is InChI=1S/C12H16INO2/c1-8-7-11(9(2)6-10(8)13)14-5-4-12(15)16-3/h6-7,14H,4-5H2,1-3H3. The zero-order valence-electron chi connectivity index (χ0n) is 9.76. The van der Waals surface area contributed by atoms with E-state index >= 15 is 0 Å². The Morgan fingerprint density at radius 2 is 2.06 bits per heavy atom. The van der Waals surface area contributed by atoms with Crippen LogP contribution in [0.5, 0.6) is 0 Å². The first-order valence-corrected chi connectivity index (χ1v) is 6.20. The van der Waals surface area contributed by atoms with E-state index in [2.05, 4.69) is 58.6 Å². The van der Waals surface area contributed by atoms with E-state index in [0.29, 0.717) is 13.0 Å². The zero-order chi connectivity index (χ0) is 12.1. The lowest BCUT2D eigenvalue weighted by Crippen LogP contribution is -2.10. The number of hydrogen-bond donors (Lipinski definition) is 1. The van der Waals surface area contributed by atoms with Gasteiger partial charge in [0.1, 0.15) is 0 Å². The van der Waals surface area contributed by atoms with Gasteiger partial charge in [-0.05, 0) is 59.7 Å². The van der Waals surface area contributed by atoms with Gasteiger partial charge in [0.15, 0.2) is 0 Å². The lowest BCUT2D eigenvalue weighted by molar-refractivity contribution is -0.140. The van der Waals surface area contributed by atoms with Gasteiger partial charge in [0, 0.05) is 15.8 Å². The van der Waals surface area contributed by atoms with Crippen molar-refractivity contribution in [2.24, 2.45) is 0 Å². The molecule has 0 aromatic heterocycles. The first-order valence-electron chi connectivity index (χ1n) is 5.12. The summed E-state index contributed by atoms with van der Waals surface area (Å²) in [5.74, 6) is -0.188. The lowest BCUT2D eigenvalue weighted by atomic mass is 10.1. The molecular weight excluding hydrogens is 317 g/mol. The fourth-order valence-electron chi connectivity index (χ4n) is 1.37. The van der Waals surface area contributed by atoms with Crippen LogP contribution in [0.1, 0.15) is 17.5 Å². The summed E-state index contributed by atoms with van der Waals surface area (Å²) >= 11 is 2.32. The van der Waals surface area contributed by atoms with Crippen molar-refractivity contribution in [1.82, 2.24) is 0 Å². The maximum absolute atomic E-state index is 10.9. The molecule has 0 aliphatic rings. The Balaban J connectivity index is 2.60. The second kappa shape index (κ2) is 6.08. The quantitative estimate of drug-likeness (QED) is 0.680. The number of ether oxygens (including phenoxy) is 1. The van der Waals surface area contributed by atoms with Crippen molar-refractivity contribution in [3.05, 3.63) is 26.8 Å². The number of benzene rings is 1. The molecule has 0 spiro atoms. The Hall–Kier alpha value is -0.780. The highest BCUT2D eigenvalue weighted by molar-refractivity contribution is 14.1. The molecule has 0 aliphatic heterocycles. The van der Waals surface area contributed by atoms with Crippen LogP contribution in [0.15, 0.2) is 12.1 Å². The Morgan fingerprint density at radius 1 is 1.38 bits per heavy atom. The summed E-state index contributed by atoms with van der Waals surface area (Å²) in [5.41, 5.74) is 3.52. The van der Waals surface area contributed by atoms with Crippen molar-refractivity contribution in [2.75, 3.05) is 19.0 Å². The molecule has 16 heavy (non-hydrogen) atoms. The van der Waals surface area contributed by atoms with Crippen LogP contribution in [-0.2, 0) is 9.53 Å². The molecule has 0 heterocycles. The van der Waals surface area contributed by atoms with Crippen LogP contribution in [0.25, 0.3) is 0 Å². The molecule has 0 atom stereocenters. The first kappa shape index (κ1) is 13.3. The summed E-state index contributed by atoms with van der Waals surface area (Å²) in [6.45, 7) is 4.74. The van der Waals surface area contributed by atoms with Crippen molar-refractivity contribution in [3.8, 4) is 0 Å². The van der Waals surface area contributed by atoms with Crippen LogP contribution < -0.4 is 5.32 Å². The van der Waals surface area contributed by atoms with Crippen molar-refractivity contribution < 1.29 is 9.53 Å². The van der Waals surface area contributed by atoms with Crippen LogP contribution >= 0.6 is 22.6 Å². The van der Waals surface area contributed by atoms with Crippen LogP contribution in [-0.4, -0.2) is 19.6 Å². The molecule has 1 N–H and O–H groups in total. The number of anilines is 1. The maximum atomic E-state index is 10.9. The fourth-order valence-corrected chi connectivity index (χ4v) is 2.00. The largest absolute Gasteiger partial charge is 0.469 e. The molecule has 88 valence electrons. The van der Waals surface area contributed by atoms with Gasteiger partial charge in [-0.3, -0.25) is 4.79 Å². The van der Waals surface area contributed by atoms with E-state index < -0.39 is 0 Å². The monoisotopic (exact) mass is 333 g/mol. The van der Waals surface area contributed by atoms with Gasteiger partial charge in [0.2, 0.25) is 0 Å². The van der Waals surface area contributed by atoms with Crippen molar-refractivity contribution in [1.29, 1.82) is 0 Å². The summed E-state index contributed by atoms with van der Waals surface area (Å²) in [6, 6.07) is 4.24. The Bertz CT molecular complexity index is 391. The number of rotatable bonds is 4. The third-order valence-electron chi connectivity index (χ3n) is 2.38. The predicted octanol–water partition coefficient (Wildman–Crippen LogP) is 2.88. The minimum absolute atomic E-state index is 0.188. The summed E-state index contributed by atoms with van der Waals surface area (Å²) in [4.78, 5) is 10.9. The topological polar surface area (TPSA) is 38.3 Å². The molecule has 1 aromatic rings. The van der Waals surface area contributed by atoms with E-state index in [-0.39, 0.29) is 5.97 Å². The average Bonchev–Trinajstić information content (AvgIpc) is 2.25. The van der Waals surface area contributed by atoms with Gasteiger partial charge in [-0.1, -0.05) is 0 Å². The normalized spacial score (nSPS) is 10.0. The molecule has 0 fully saturated rings. The Labute approximate surface area is 110 Å². The second-order valence-corrected chi connectivity index (χ2v) is 4.83. The van der Waals surface area contributed by atoms with Crippen LogP contribution in [0.3, 0.4) is 0 Å². The molecule has 1 aromatic carbocycles. The zero-order valence-corrected chi connectivity index (χ0v) is 11.9. The van der Waals surface area contributed by atoms with Gasteiger partial charge in [-0.15, -0.1) is 0 Å². The molecule has 0 aliphatic carbocycles. The summed E-state index contributed by atoms with van der Waals surface area (Å²) < 4.78 is 5.84. The molecule has 4 heteroatoms. The maximum Gasteiger partial charge on any atom is 0.307 e.